The fraction of sp³-hybridized carbons (Fsp3) is 0.389. The van der Waals surface area contributed by atoms with Crippen LogP contribution in [0.5, 0.6) is 5.75 Å². The van der Waals surface area contributed by atoms with Gasteiger partial charge in [0, 0.05) is 31.2 Å². The average molecular weight is 376 g/mol. The predicted octanol–water partition coefficient (Wildman–Crippen LogP) is 2.66. The van der Waals surface area contributed by atoms with Crippen LogP contribution in [0.25, 0.3) is 0 Å². The van der Waals surface area contributed by atoms with Gasteiger partial charge >= 0.3 is 0 Å². The maximum Gasteiger partial charge on any atom is 0.274 e. The van der Waals surface area contributed by atoms with Gasteiger partial charge < -0.3 is 19.9 Å². The molecule has 1 fully saturated rings. The number of piperazine rings is 1. The van der Waals surface area contributed by atoms with Crippen molar-refractivity contribution in [3.05, 3.63) is 41.3 Å². The van der Waals surface area contributed by atoms with Crippen LogP contribution in [0.2, 0.25) is 5.02 Å². The number of hydrogen-bond acceptors (Lipinski definition) is 6. The molecule has 0 bridgehead atoms. The van der Waals surface area contributed by atoms with Gasteiger partial charge in [0.25, 0.3) is 5.91 Å². The molecule has 0 aliphatic carbocycles. The first-order chi connectivity index (χ1) is 12.6. The Labute approximate surface area is 157 Å². The zero-order valence-corrected chi connectivity index (χ0v) is 15.7. The molecule has 8 heteroatoms. The highest BCUT2D eigenvalue weighted by Crippen LogP contribution is 2.29. The molecule has 138 valence electrons. The van der Waals surface area contributed by atoms with Gasteiger partial charge in [-0.1, -0.05) is 18.5 Å². The first kappa shape index (κ1) is 18.4. The quantitative estimate of drug-likeness (QED) is 0.866. The molecule has 1 aliphatic rings. The Morgan fingerprint density at radius 3 is 2.62 bits per heavy atom. The number of aromatic nitrogens is 2. The number of halogens is 1. The van der Waals surface area contributed by atoms with E-state index in [-0.39, 0.29) is 5.91 Å². The second-order valence-corrected chi connectivity index (χ2v) is 6.42. The molecule has 1 aromatic heterocycles. The highest BCUT2D eigenvalue weighted by Gasteiger charge is 2.22. The summed E-state index contributed by atoms with van der Waals surface area (Å²) >= 11 is 6.03. The van der Waals surface area contributed by atoms with E-state index in [1.54, 1.807) is 25.3 Å². The Hall–Kier alpha value is -2.38. The van der Waals surface area contributed by atoms with E-state index >= 15 is 0 Å². The lowest BCUT2D eigenvalue weighted by atomic mass is 10.2. The lowest BCUT2D eigenvalue weighted by Crippen LogP contribution is -2.48. The van der Waals surface area contributed by atoms with Crippen LogP contribution >= 0.6 is 11.6 Å². The van der Waals surface area contributed by atoms with E-state index < -0.39 is 0 Å². The van der Waals surface area contributed by atoms with E-state index in [0.717, 1.165) is 19.6 Å². The Morgan fingerprint density at radius 2 is 2.00 bits per heavy atom. The van der Waals surface area contributed by atoms with Crippen molar-refractivity contribution >= 4 is 29.0 Å². The second-order valence-electron chi connectivity index (χ2n) is 5.98. The Balaban J connectivity index is 1.67. The van der Waals surface area contributed by atoms with Crippen LogP contribution in [0.1, 0.15) is 17.4 Å². The van der Waals surface area contributed by atoms with Gasteiger partial charge in [-0.25, -0.2) is 9.97 Å². The molecule has 0 unspecified atom stereocenters. The van der Waals surface area contributed by atoms with Gasteiger partial charge in [0.1, 0.15) is 17.3 Å². The lowest BCUT2D eigenvalue weighted by Gasteiger charge is -2.33. The summed E-state index contributed by atoms with van der Waals surface area (Å²) in [7, 11) is 1.58. The van der Waals surface area contributed by atoms with Crippen LogP contribution in [0.15, 0.2) is 30.6 Å². The monoisotopic (exact) mass is 375 g/mol. The van der Waals surface area contributed by atoms with E-state index in [2.05, 4.69) is 27.1 Å². The van der Waals surface area contributed by atoms with Crippen molar-refractivity contribution < 1.29 is 9.53 Å². The fourth-order valence-electron chi connectivity index (χ4n) is 2.85. The van der Waals surface area contributed by atoms with Gasteiger partial charge in [-0.15, -0.1) is 0 Å². The third-order valence-corrected chi connectivity index (χ3v) is 4.64. The SMILES string of the molecule is CCN1CCN(C(=O)c2cnc(Nc3cc(Cl)ccc3OC)cn2)CC1. The van der Waals surface area contributed by atoms with Crippen LogP contribution in [-0.2, 0) is 0 Å². The van der Waals surface area contributed by atoms with Gasteiger partial charge in [-0.05, 0) is 24.7 Å². The number of methoxy groups -OCH3 is 1. The molecule has 26 heavy (non-hydrogen) atoms. The predicted molar refractivity (Wildman–Crippen MR) is 101 cm³/mol. The third kappa shape index (κ3) is 4.23. The summed E-state index contributed by atoms with van der Waals surface area (Å²) in [6.07, 6.45) is 3.03. The minimum absolute atomic E-state index is 0.0832. The van der Waals surface area contributed by atoms with Crippen molar-refractivity contribution in [1.82, 2.24) is 19.8 Å². The van der Waals surface area contributed by atoms with Crippen molar-refractivity contribution in [1.29, 1.82) is 0 Å². The number of nitrogens with zero attached hydrogens (tertiary/aromatic N) is 4. The molecular formula is C18H22ClN5O2. The Bertz CT molecular complexity index is 761. The number of ether oxygens (including phenoxy) is 1. The van der Waals surface area contributed by atoms with E-state index in [0.29, 0.717) is 41.1 Å². The van der Waals surface area contributed by atoms with Crippen LogP contribution < -0.4 is 10.1 Å². The highest BCUT2D eigenvalue weighted by molar-refractivity contribution is 6.31. The van der Waals surface area contributed by atoms with Crippen molar-refractivity contribution in [2.45, 2.75) is 6.92 Å². The Morgan fingerprint density at radius 1 is 1.23 bits per heavy atom. The lowest BCUT2D eigenvalue weighted by molar-refractivity contribution is 0.0637. The number of hydrogen-bond donors (Lipinski definition) is 1. The largest absolute Gasteiger partial charge is 0.495 e. The molecule has 2 aromatic rings. The molecule has 0 spiro atoms. The molecule has 1 N–H and O–H groups in total. The highest BCUT2D eigenvalue weighted by atomic mass is 35.5. The molecule has 2 heterocycles. The van der Waals surface area contributed by atoms with Crippen molar-refractivity contribution in [2.24, 2.45) is 0 Å². The molecule has 0 radical (unpaired) electrons. The summed E-state index contributed by atoms with van der Waals surface area (Å²) in [6.45, 7) is 6.36. The van der Waals surface area contributed by atoms with Crippen LogP contribution in [0.4, 0.5) is 11.5 Å². The van der Waals surface area contributed by atoms with Gasteiger partial charge in [0.15, 0.2) is 0 Å². The summed E-state index contributed by atoms with van der Waals surface area (Å²) in [4.78, 5) is 25.3. The molecule has 1 saturated heterocycles. The number of amides is 1. The molecule has 0 saturated carbocycles. The zero-order valence-electron chi connectivity index (χ0n) is 14.9. The number of carbonyl (C=O) groups excluding carboxylic acids is 1. The smallest absolute Gasteiger partial charge is 0.274 e. The molecule has 1 amide bonds. The first-order valence-corrected chi connectivity index (χ1v) is 8.92. The number of nitrogens with one attached hydrogen (secondary N) is 1. The number of carbonyl (C=O) groups is 1. The molecular weight excluding hydrogens is 354 g/mol. The number of anilines is 2. The average Bonchev–Trinajstić information content (AvgIpc) is 2.68. The van der Waals surface area contributed by atoms with Crippen LogP contribution in [-0.4, -0.2) is 65.5 Å². The summed E-state index contributed by atoms with van der Waals surface area (Å²) in [6, 6.07) is 5.26. The topological polar surface area (TPSA) is 70.6 Å². The fourth-order valence-corrected chi connectivity index (χ4v) is 3.02. The van der Waals surface area contributed by atoms with Gasteiger partial charge in [0.2, 0.25) is 0 Å². The maximum absolute atomic E-state index is 12.6. The van der Waals surface area contributed by atoms with Gasteiger partial charge in [0.05, 0.1) is 25.2 Å². The number of benzene rings is 1. The van der Waals surface area contributed by atoms with E-state index in [9.17, 15) is 4.79 Å². The normalized spacial score (nSPS) is 15.0. The molecule has 1 aliphatic heterocycles. The third-order valence-electron chi connectivity index (χ3n) is 4.40. The number of rotatable bonds is 5. The van der Waals surface area contributed by atoms with E-state index in [4.69, 9.17) is 16.3 Å². The second kappa shape index (κ2) is 8.33. The molecule has 3 rings (SSSR count). The van der Waals surface area contributed by atoms with Crippen LogP contribution in [0.3, 0.4) is 0 Å². The van der Waals surface area contributed by atoms with Gasteiger partial charge in [-0.3, -0.25) is 4.79 Å². The van der Waals surface area contributed by atoms with Crippen molar-refractivity contribution in [2.75, 3.05) is 45.2 Å². The minimum Gasteiger partial charge on any atom is -0.495 e. The van der Waals surface area contributed by atoms with Crippen LogP contribution in [0, 0.1) is 0 Å². The summed E-state index contributed by atoms with van der Waals surface area (Å²) < 4.78 is 5.30. The maximum atomic E-state index is 12.6. The summed E-state index contributed by atoms with van der Waals surface area (Å²) in [5.74, 6) is 1.07. The summed E-state index contributed by atoms with van der Waals surface area (Å²) in [5, 5.41) is 3.69. The summed E-state index contributed by atoms with van der Waals surface area (Å²) in [5.41, 5.74) is 1.03. The van der Waals surface area contributed by atoms with Crippen molar-refractivity contribution in [3.8, 4) is 5.75 Å². The molecule has 1 aromatic carbocycles. The van der Waals surface area contributed by atoms with E-state index in [1.807, 2.05) is 4.90 Å². The zero-order chi connectivity index (χ0) is 18.5. The molecule has 7 nitrogen and oxygen atoms in total. The standard InChI is InChI=1S/C18H22ClN5O2/c1-3-23-6-8-24(9-7-23)18(25)15-11-21-17(12-20-15)22-14-10-13(19)4-5-16(14)26-2/h4-5,10-12H,3,6-9H2,1-2H3,(H,21,22). The molecule has 0 atom stereocenters. The first-order valence-electron chi connectivity index (χ1n) is 8.55. The van der Waals surface area contributed by atoms with Crippen molar-refractivity contribution in [3.63, 3.8) is 0 Å². The van der Waals surface area contributed by atoms with E-state index in [1.165, 1.54) is 12.4 Å². The number of likely N-dealkylation sites (N-methyl/N-ethyl adjacent to an activating group) is 1. The Kier molecular flexibility index (Phi) is 5.90. The minimum atomic E-state index is -0.0832. The van der Waals surface area contributed by atoms with Gasteiger partial charge in [-0.2, -0.15) is 0 Å².